The molecule has 3 aromatic rings. The zero-order valence-electron chi connectivity index (χ0n) is 15.0. The highest BCUT2D eigenvalue weighted by Gasteiger charge is 2.15. The fourth-order valence-corrected chi connectivity index (χ4v) is 3.46. The molecular formula is C21H22ClN5. The van der Waals surface area contributed by atoms with Gasteiger partial charge in [0.2, 0.25) is 0 Å². The van der Waals surface area contributed by atoms with Crippen molar-refractivity contribution in [3.05, 3.63) is 60.0 Å². The van der Waals surface area contributed by atoms with E-state index in [1.165, 1.54) is 12.8 Å². The Bertz CT molecular complexity index is 877. The van der Waals surface area contributed by atoms with Crippen molar-refractivity contribution in [1.29, 1.82) is 0 Å². The van der Waals surface area contributed by atoms with Gasteiger partial charge in [0.15, 0.2) is 5.82 Å². The minimum atomic E-state index is 0.605. The highest BCUT2D eigenvalue weighted by atomic mass is 35.5. The van der Waals surface area contributed by atoms with Gasteiger partial charge in [0.25, 0.3) is 0 Å². The van der Waals surface area contributed by atoms with Gasteiger partial charge in [-0.15, -0.1) is 0 Å². The summed E-state index contributed by atoms with van der Waals surface area (Å²) >= 11 is 6.05. The predicted octanol–water partition coefficient (Wildman–Crippen LogP) is 4.27. The average molecular weight is 380 g/mol. The number of anilines is 1. The lowest BCUT2D eigenvalue weighted by atomic mass is 9.99. The third kappa shape index (κ3) is 4.43. The molecule has 2 N–H and O–H groups in total. The number of pyridine rings is 1. The van der Waals surface area contributed by atoms with Crippen molar-refractivity contribution < 1.29 is 0 Å². The molecular weight excluding hydrogens is 358 g/mol. The molecule has 27 heavy (non-hydrogen) atoms. The summed E-state index contributed by atoms with van der Waals surface area (Å²) in [6, 6.07) is 11.6. The lowest BCUT2D eigenvalue weighted by Crippen LogP contribution is -2.33. The van der Waals surface area contributed by atoms with Crippen LogP contribution < -0.4 is 10.6 Å². The summed E-state index contributed by atoms with van der Waals surface area (Å²) < 4.78 is 0. The number of benzene rings is 1. The van der Waals surface area contributed by atoms with Crippen LogP contribution in [0, 0.1) is 5.92 Å². The van der Waals surface area contributed by atoms with Crippen molar-refractivity contribution in [3.8, 4) is 22.5 Å². The van der Waals surface area contributed by atoms with Crippen LogP contribution in [0.15, 0.2) is 55.0 Å². The van der Waals surface area contributed by atoms with Gasteiger partial charge >= 0.3 is 0 Å². The first-order valence-corrected chi connectivity index (χ1v) is 9.65. The van der Waals surface area contributed by atoms with Gasteiger partial charge in [-0.3, -0.25) is 4.98 Å². The van der Waals surface area contributed by atoms with Crippen LogP contribution in [0.25, 0.3) is 22.5 Å². The smallest absolute Gasteiger partial charge is 0.163 e. The Kier molecular flexibility index (Phi) is 5.61. The van der Waals surface area contributed by atoms with Crippen LogP contribution in [0.2, 0.25) is 5.02 Å². The summed E-state index contributed by atoms with van der Waals surface area (Å²) in [5.74, 6) is 2.12. The van der Waals surface area contributed by atoms with E-state index in [-0.39, 0.29) is 0 Å². The van der Waals surface area contributed by atoms with Gasteiger partial charge in [0, 0.05) is 41.3 Å². The van der Waals surface area contributed by atoms with E-state index in [4.69, 9.17) is 16.6 Å². The van der Waals surface area contributed by atoms with Crippen molar-refractivity contribution in [2.75, 3.05) is 25.0 Å². The first kappa shape index (κ1) is 17.9. The Labute approximate surface area is 164 Å². The van der Waals surface area contributed by atoms with Crippen molar-refractivity contribution in [2.24, 2.45) is 5.92 Å². The predicted molar refractivity (Wildman–Crippen MR) is 110 cm³/mol. The number of nitrogens with zero attached hydrogens (tertiary/aromatic N) is 3. The summed E-state index contributed by atoms with van der Waals surface area (Å²) in [4.78, 5) is 13.6. The first-order chi connectivity index (χ1) is 13.3. The standard InChI is InChI=1S/C21H22ClN5/c22-18-7-5-16(6-8-18)19-14-26-20(17-4-2-10-24-13-17)27-21(19)25-12-15-3-1-9-23-11-15/h2,4-8,10,13-15,23H,1,3,9,11-12H2,(H,25,26,27). The zero-order valence-corrected chi connectivity index (χ0v) is 15.8. The molecule has 0 radical (unpaired) electrons. The largest absolute Gasteiger partial charge is 0.369 e. The Morgan fingerprint density at radius 1 is 1.11 bits per heavy atom. The molecule has 0 bridgehead atoms. The van der Waals surface area contributed by atoms with Gasteiger partial charge in [-0.05, 0) is 61.7 Å². The van der Waals surface area contributed by atoms with E-state index >= 15 is 0 Å². The lowest BCUT2D eigenvalue weighted by molar-refractivity contribution is 0.392. The molecule has 0 saturated carbocycles. The van der Waals surface area contributed by atoms with Crippen molar-refractivity contribution in [3.63, 3.8) is 0 Å². The SMILES string of the molecule is Clc1ccc(-c2cnc(-c3cccnc3)nc2NCC2CCCNC2)cc1. The second kappa shape index (κ2) is 8.46. The third-order valence-electron chi connectivity index (χ3n) is 4.82. The molecule has 1 saturated heterocycles. The van der Waals surface area contributed by atoms with Crippen LogP contribution >= 0.6 is 11.6 Å². The molecule has 1 fully saturated rings. The Balaban J connectivity index is 1.65. The monoisotopic (exact) mass is 379 g/mol. The van der Waals surface area contributed by atoms with Crippen LogP contribution in [0.5, 0.6) is 0 Å². The lowest BCUT2D eigenvalue weighted by Gasteiger charge is -2.23. The molecule has 1 aliphatic rings. The normalized spacial score (nSPS) is 16.9. The number of nitrogens with one attached hydrogen (secondary N) is 2. The number of rotatable bonds is 5. The van der Waals surface area contributed by atoms with Gasteiger partial charge in [0.05, 0.1) is 0 Å². The molecule has 5 nitrogen and oxygen atoms in total. The van der Waals surface area contributed by atoms with Crippen LogP contribution in [0.1, 0.15) is 12.8 Å². The summed E-state index contributed by atoms with van der Waals surface area (Å²) in [7, 11) is 0. The van der Waals surface area contributed by atoms with Crippen LogP contribution in [0.4, 0.5) is 5.82 Å². The maximum Gasteiger partial charge on any atom is 0.163 e. The summed E-state index contributed by atoms with van der Waals surface area (Å²) in [5, 5.41) is 7.74. The van der Waals surface area contributed by atoms with Crippen LogP contribution in [-0.4, -0.2) is 34.6 Å². The number of hydrogen-bond acceptors (Lipinski definition) is 5. The Hall–Kier alpha value is -2.50. The van der Waals surface area contributed by atoms with Crippen molar-refractivity contribution in [2.45, 2.75) is 12.8 Å². The molecule has 1 aliphatic heterocycles. The molecule has 1 unspecified atom stereocenters. The van der Waals surface area contributed by atoms with Crippen LogP contribution in [-0.2, 0) is 0 Å². The van der Waals surface area contributed by atoms with Gasteiger partial charge in [-0.2, -0.15) is 0 Å². The maximum absolute atomic E-state index is 6.05. The summed E-state index contributed by atoms with van der Waals surface area (Å²) in [5.41, 5.74) is 2.92. The summed E-state index contributed by atoms with van der Waals surface area (Å²) in [6.07, 6.45) is 7.87. The molecule has 1 atom stereocenters. The van der Waals surface area contributed by atoms with E-state index < -0.39 is 0 Å². The molecule has 3 heterocycles. The van der Waals surface area contributed by atoms with Crippen molar-refractivity contribution >= 4 is 17.4 Å². The molecule has 1 aromatic carbocycles. The van der Waals surface area contributed by atoms with E-state index in [1.54, 1.807) is 12.4 Å². The zero-order chi connectivity index (χ0) is 18.5. The van der Waals surface area contributed by atoms with Gasteiger partial charge in [-0.1, -0.05) is 23.7 Å². The third-order valence-corrected chi connectivity index (χ3v) is 5.07. The molecule has 0 amide bonds. The van der Waals surface area contributed by atoms with E-state index in [0.29, 0.717) is 11.7 Å². The van der Waals surface area contributed by atoms with E-state index in [2.05, 4.69) is 20.6 Å². The first-order valence-electron chi connectivity index (χ1n) is 9.27. The second-order valence-corrected chi connectivity index (χ2v) is 7.23. The summed E-state index contributed by atoms with van der Waals surface area (Å²) in [6.45, 7) is 3.05. The number of piperidine rings is 1. The minimum absolute atomic E-state index is 0.605. The van der Waals surface area contributed by atoms with Crippen molar-refractivity contribution in [1.82, 2.24) is 20.3 Å². The molecule has 0 spiro atoms. The number of hydrogen-bond donors (Lipinski definition) is 2. The van der Waals surface area contributed by atoms with Gasteiger partial charge in [0.1, 0.15) is 5.82 Å². The minimum Gasteiger partial charge on any atom is -0.369 e. The quantitative estimate of drug-likeness (QED) is 0.693. The molecule has 2 aromatic heterocycles. The van der Waals surface area contributed by atoms with E-state index in [9.17, 15) is 0 Å². The Morgan fingerprint density at radius 2 is 2.00 bits per heavy atom. The van der Waals surface area contributed by atoms with E-state index in [0.717, 1.165) is 47.2 Å². The second-order valence-electron chi connectivity index (χ2n) is 6.80. The van der Waals surface area contributed by atoms with Gasteiger partial charge < -0.3 is 10.6 Å². The fourth-order valence-electron chi connectivity index (χ4n) is 3.33. The topological polar surface area (TPSA) is 62.7 Å². The molecule has 4 rings (SSSR count). The highest BCUT2D eigenvalue weighted by Crippen LogP contribution is 2.29. The average Bonchev–Trinajstić information content (AvgIpc) is 2.74. The molecule has 138 valence electrons. The highest BCUT2D eigenvalue weighted by molar-refractivity contribution is 6.30. The van der Waals surface area contributed by atoms with E-state index in [1.807, 2.05) is 42.6 Å². The molecule has 6 heteroatoms. The van der Waals surface area contributed by atoms with Crippen LogP contribution in [0.3, 0.4) is 0 Å². The fraction of sp³-hybridized carbons (Fsp3) is 0.286. The number of halogens is 1. The Morgan fingerprint density at radius 3 is 2.74 bits per heavy atom. The molecule has 0 aliphatic carbocycles. The number of aromatic nitrogens is 3. The maximum atomic E-state index is 6.05. The van der Waals surface area contributed by atoms with Gasteiger partial charge in [-0.25, -0.2) is 9.97 Å².